The number of carbonyl (C=O) groups is 1. The minimum Gasteiger partial charge on any atom is -0.467 e. The van der Waals surface area contributed by atoms with Gasteiger partial charge < -0.3 is 28.8 Å². The fraction of sp³-hybridized carbons (Fsp3) is 0.625. The summed E-state index contributed by atoms with van der Waals surface area (Å²) in [5.41, 5.74) is 2.03. The van der Waals surface area contributed by atoms with Gasteiger partial charge in [-0.05, 0) is 50.4 Å². The van der Waals surface area contributed by atoms with Crippen LogP contribution in [0.5, 0.6) is 5.75 Å². The first-order valence-electron chi connectivity index (χ1n) is 11.0. The third-order valence-electron chi connectivity index (χ3n) is 5.03. The van der Waals surface area contributed by atoms with Crippen LogP contribution in [0.4, 0.5) is 0 Å². The Bertz CT molecular complexity index is 798. The van der Waals surface area contributed by atoms with Crippen molar-refractivity contribution in [3.05, 3.63) is 34.9 Å². The molecule has 1 fully saturated rings. The molecule has 0 aliphatic carbocycles. The molecule has 1 aliphatic heterocycles. The van der Waals surface area contributed by atoms with Gasteiger partial charge in [0.2, 0.25) is 0 Å². The summed E-state index contributed by atoms with van der Waals surface area (Å²) in [5, 5.41) is 9.58. The standard InChI is InChI=1S/C24H38O7Si/c1-17-13-18(9-8-10-19-21(15-25)31-24(2,3)30-19)22(20(14-17)29-16-27-4)23(26)28-11-12-32(5,6)7/h8-9,13-14,19,21,25H,10-12,15-16H2,1-7H3/b9-8+. The minimum atomic E-state index is -1.33. The topological polar surface area (TPSA) is 83.5 Å². The molecule has 2 atom stereocenters. The summed E-state index contributed by atoms with van der Waals surface area (Å²) in [6.07, 6.45) is 3.66. The molecule has 1 saturated heterocycles. The molecule has 0 spiro atoms. The Kier molecular flexibility index (Phi) is 9.48. The SMILES string of the molecule is COCOc1cc(C)cc(/C=C/CC2OC(C)(C)OC2CO)c1C(=O)OCC[Si](C)(C)C. The van der Waals surface area contributed by atoms with E-state index in [1.54, 1.807) is 0 Å². The molecule has 1 aromatic rings. The van der Waals surface area contributed by atoms with Crippen LogP contribution in [-0.4, -0.2) is 64.3 Å². The van der Waals surface area contributed by atoms with Crippen molar-refractivity contribution < 1.29 is 33.6 Å². The lowest BCUT2D eigenvalue weighted by Crippen LogP contribution is -2.25. The van der Waals surface area contributed by atoms with Gasteiger partial charge in [0.05, 0.1) is 19.3 Å². The molecular weight excluding hydrogens is 428 g/mol. The predicted octanol–water partition coefficient (Wildman–Crippen LogP) is 4.39. The van der Waals surface area contributed by atoms with Crippen LogP contribution in [0.15, 0.2) is 18.2 Å². The smallest absolute Gasteiger partial charge is 0.342 e. The number of ether oxygens (including phenoxy) is 5. The second-order valence-electron chi connectivity index (χ2n) is 9.76. The maximum atomic E-state index is 13.0. The number of rotatable bonds is 11. The number of hydrogen-bond donors (Lipinski definition) is 1. The molecule has 0 amide bonds. The number of methoxy groups -OCH3 is 1. The van der Waals surface area contributed by atoms with Crippen molar-refractivity contribution in [3.63, 3.8) is 0 Å². The third-order valence-corrected chi connectivity index (χ3v) is 6.73. The van der Waals surface area contributed by atoms with Gasteiger partial charge in [0, 0.05) is 15.2 Å². The maximum Gasteiger partial charge on any atom is 0.342 e. The number of esters is 1. The molecule has 32 heavy (non-hydrogen) atoms. The number of hydrogen-bond acceptors (Lipinski definition) is 7. The van der Waals surface area contributed by atoms with Crippen LogP contribution in [0, 0.1) is 6.92 Å². The third kappa shape index (κ3) is 8.01. The first-order valence-corrected chi connectivity index (χ1v) is 14.7. The number of aliphatic hydroxyl groups is 1. The molecule has 2 rings (SSSR count). The highest BCUT2D eigenvalue weighted by Crippen LogP contribution is 2.31. The highest BCUT2D eigenvalue weighted by Gasteiger charge is 2.40. The number of carbonyl (C=O) groups excluding carboxylic acids is 1. The summed E-state index contributed by atoms with van der Waals surface area (Å²) in [5.74, 6) is -0.718. The van der Waals surface area contributed by atoms with Gasteiger partial charge >= 0.3 is 5.97 Å². The lowest BCUT2D eigenvalue weighted by molar-refractivity contribution is -0.148. The average molecular weight is 467 g/mol. The molecule has 0 aromatic heterocycles. The zero-order valence-corrected chi connectivity index (χ0v) is 21.4. The monoisotopic (exact) mass is 466 g/mol. The summed E-state index contributed by atoms with van der Waals surface area (Å²) >= 11 is 0. The fourth-order valence-corrected chi connectivity index (χ4v) is 4.20. The van der Waals surface area contributed by atoms with Crippen molar-refractivity contribution in [2.75, 3.05) is 27.1 Å². The van der Waals surface area contributed by atoms with E-state index in [4.69, 9.17) is 23.7 Å². The lowest BCUT2D eigenvalue weighted by atomic mass is 10.0. The highest BCUT2D eigenvalue weighted by atomic mass is 28.3. The van der Waals surface area contributed by atoms with Gasteiger partial charge in [-0.2, -0.15) is 0 Å². The first kappa shape index (κ1) is 26.5. The van der Waals surface area contributed by atoms with E-state index in [1.165, 1.54) is 7.11 Å². The van der Waals surface area contributed by atoms with E-state index in [0.717, 1.165) is 11.6 Å². The average Bonchev–Trinajstić information content (AvgIpc) is 2.98. The Balaban J connectivity index is 2.24. The van der Waals surface area contributed by atoms with Crippen molar-refractivity contribution in [1.82, 2.24) is 0 Å². The number of aliphatic hydroxyl groups excluding tert-OH is 1. The van der Waals surface area contributed by atoms with Crippen LogP contribution in [0.25, 0.3) is 6.08 Å². The van der Waals surface area contributed by atoms with Crippen LogP contribution in [0.3, 0.4) is 0 Å². The Morgan fingerprint density at radius 2 is 1.91 bits per heavy atom. The van der Waals surface area contributed by atoms with Crippen molar-refractivity contribution in [1.29, 1.82) is 0 Å². The molecule has 0 bridgehead atoms. The Morgan fingerprint density at radius 3 is 2.53 bits per heavy atom. The Morgan fingerprint density at radius 1 is 1.22 bits per heavy atom. The van der Waals surface area contributed by atoms with Gasteiger partial charge in [-0.25, -0.2) is 4.79 Å². The van der Waals surface area contributed by atoms with E-state index in [9.17, 15) is 9.90 Å². The van der Waals surface area contributed by atoms with Crippen molar-refractivity contribution in [3.8, 4) is 5.75 Å². The summed E-state index contributed by atoms with van der Waals surface area (Å²) < 4.78 is 27.9. The van der Waals surface area contributed by atoms with Crippen LogP contribution >= 0.6 is 0 Å². The van der Waals surface area contributed by atoms with Crippen LogP contribution in [0.2, 0.25) is 25.7 Å². The number of aryl methyl sites for hydroxylation is 1. The van der Waals surface area contributed by atoms with E-state index in [2.05, 4.69) is 19.6 Å². The summed E-state index contributed by atoms with van der Waals surface area (Å²) in [6.45, 7) is 12.6. The van der Waals surface area contributed by atoms with Crippen molar-refractivity contribution in [2.24, 2.45) is 0 Å². The molecule has 1 aliphatic rings. The van der Waals surface area contributed by atoms with Gasteiger partial charge in [-0.3, -0.25) is 0 Å². The van der Waals surface area contributed by atoms with E-state index in [-0.39, 0.29) is 19.5 Å². The molecule has 180 valence electrons. The van der Waals surface area contributed by atoms with E-state index in [1.807, 2.05) is 45.1 Å². The minimum absolute atomic E-state index is 0.0301. The molecule has 0 radical (unpaired) electrons. The summed E-state index contributed by atoms with van der Waals surface area (Å²) in [6, 6.07) is 4.62. The van der Waals surface area contributed by atoms with Gasteiger partial charge in [0.15, 0.2) is 12.6 Å². The maximum absolute atomic E-state index is 13.0. The van der Waals surface area contributed by atoms with Crippen molar-refractivity contribution >= 4 is 20.1 Å². The van der Waals surface area contributed by atoms with Crippen molar-refractivity contribution in [2.45, 2.75) is 70.9 Å². The highest BCUT2D eigenvalue weighted by molar-refractivity contribution is 6.76. The lowest BCUT2D eigenvalue weighted by Gasteiger charge is -2.18. The van der Waals surface area contributed by atoms with Gasteiger partial charge in [-0.1, -0.05) is 37.9 Å². The van der Waals surface area contributed by atoms with Crippen LogP contribution < -0.4 is 4.74 Å². The normalized spacial score (nSPS) is 20.6. The Hall–Kier alpha value is -1.71. The summed E-state index contributed by atoms with van der Waals surface area (Å²) in [7, 11) is 0.204. The molecular formula is C24H38O7Si. The van der Waals surface area contributed by atoms with Crippen LogP contribution in [0.1, 0.15) is 41.8 Å². The molecule has 1 aromatic carbocycles. The zero-order chi connectivity index (χ0) is 23.9. The van der Waals surface area contributed by atoms with Crippen LogP contribution in [-0.2, 0) is 18.9 Å². The van der Waals surface area contributed by atoms with E-state index >= 15 is 0 Å². The quantitative estimate of drug-likeness (QED) is 0.294. The largest absolute Gasteiger partial charge is 0.467 e. The number of benzene rings is 1. The molecule has 7 nitrogen and oxygen atoms in total. The molecule has 1 heterocycles. The zero-order valence-electron chi connectivity index (χ0n) is 20.4. The molecule has 8 heteroatoms. The second-order valence-corrected chi connectivity index (χ2v) is 15.4. The van der Waals surface area contributed by atoms with E-state index < -0.39 is 25.9 Å². The molecule has 2 unspecified atom stereocenters. The summed E-state index contributed by atoms with van der Waals surface area (Å²) in [4.78, 5) is 13.0. The second kappa shape index (κ2) is 11.4. The molecule has 0 saturated carbocycles. The first-order chi connectivity index (χ1) is 15.0. The van der Waals surface area contributed by atoms with Gasteiger partial charge in [0.1, 0.15) is 17.4 Å². The van der Waals surface area contributed by atoms with Gasteiger partial charge in [-0.15, -0.1) is 0 Å². The fourth-order valence-electron chi connectivity index (χ4n) is 3.48. The van der Waals surface area contributed by atoms with Gasteiger partial charge in [0.25, 0.3) is 0 Å². The predicted molar refractivity (Wildman–Crippen MR) is 127 cm³/mol. The Labute approximate surface area is 192 Å². The van der Waals surface area contributed by atoms with E-state index in [0.29, 0.717) is 29.9 Å². The molecule has 1 N–H and O–H groups in total.